The van der Waals surface area contributed by atoms with Crippen molar-refractivity contribution in [2.45, 2.75) is 19.1 Å². The number of hydrogen-bond acceptors (Lipinski definition) is 8. The molecule has 0 spiro atoms. The number of nitrogens with zero attached hydrogens (tertiary/aromatic N) is 4. The Bertz CT molecular complexity index is 498. The molecule has 1 aromatic heterocycles. The van der Waals surface area contributed by atoms with E-state index in [-0.39, 0.29) is 30.3 Å². The van der Waals surface area contributed by atoms with E-state index < -0.39 is 4.92 Å². The van der Waals surface area contributed by atoms with Crippen LogP contribution in [-0.4, -0.2) is 58.9 Å². The lowest BCUT2D eigenvalue weighted by molar-refractivity contribution is -0.384. The first-order chi connectivity index (χ1) is 9.55. The van der Waals surface area contributed by atoms with E-state index in [2.05, 4.69) is 15.3 Å². The van der Waals surface area contributed by atoms with Crippen LogP contribution in [0.25, 0.3) is 0 Å². The quantitative estimate of drug-likeness (QED) is 0.587. The van der Waals surface area contributed by atoms with E-state index in [0.717, 1.165) is 0 Å². The Labute approximate surface area is 115 Å². The van der Waals surface area contributed by atoms with Gasteiger partial charge in [0.05, 0.1) is 23.7 Å². The maximum atomic E-state index is 11.1. The van der Waals surface area contributed by atoms with Crippen LogP contribution in [0.3, 0.4) is 0 Å². The molecule has 1 aliphatic heterocycles. The molecule has 1 saturated heterocycles. The number of nitro groups is 1. The molecule has 2 rings (SSSR count). The second-order valence-corrected chi connectivity index (χ2v) is 4.57. The zero-order valence-electron chi connectivity index (χ0n) is 11.3. The van der Waals surface area contributed by atoms with Crippen molar-refractivity contribution in [3.05, 3.63) is 16.3 Å². The molecule has 0 radical (unpaired) electrons. The Morgan fingerprint density at radius 2 is 2.40 bits per heavy atom. The summed E-state index contributed by atoms with van der Waals surface area (Å²) in [6.45, 7) is 2.53. The topological polar surface area (TPSA) is 114 Å². The molecule has 2 unspecified atom stereocenters. The van der Waals surface area contributed by atoms with E-state index in [1.165, 1.54) is 6.20 Å². The van der Waals surface area contributed by atoms with Gasteiger partial charge in [-0.1, -0.05) is 0 Å². The van der Waals surface area contributed by atoms with Gasteiger partial charge in [0.2, 0.25) is 11.8 Å². The fourth-order valence-corrected chi connectivity index (χ4v) is 2.17. The molecule has 9 nitrogen and oxygen atoms in total. The van der Waals surface area contributed by atoms with E-state index in [0.29, 0.717) is 19.0 Å². The highest BCUT2D eigenvalue weighted by Gasteiger charge is 2.30. The zero-order valence-corrected chi connectivity index (χ0v) is 11.3. The summed E-state index contributed by atoms with van der Waals surface area (Å²) in [6, 6.07) is 0. The van der Waals surface area contributed by atoms with Gasteiger partial charge in [0, 0.05) is 20.1 Å². The third-order valence-electron chi connectivity index (χ3n) is 3.00. The Morgan fingerprint density at radius 3 is 3.00 bits per heavy atom. The predicted molar refractivity (Wildman–Crippen MR) is 71.9 cm³/mol. The van der Waals surface area contributed by atoms with E-state index in [9.17, 15) is 15.2 Å². The van der Waals surface area contributed by atoms with Crippen LogP contribution in [-0.2, 0) is 4.74 Å². The van der Waals surface area contributed by atoms with E-state index in [4.69, 9.17) is 4.74 Å². The molecule has 20 heavy (non-hydrogen) atoms. The molecular weight excluding hydrogens is 266 g/mol. The van der Waals surface area contributed by atoms with Crippen molar-refractivity contribution in [2.75, 3.05) is 37.0 Å². The number of ether oxygens (including phenoxy) is 1. The molecule has 2 heterocycles. The fraction of sp³-hybridized carbons (Fsp3) is 0.636. The molecule has 110 valence electrons. The van der Waals surface area contributed by atoms with Gasteiger partial charge in [0.15, 0.2) is 0 Å². The van der Waals surface area contributed by atoms with Crippen LogP contribution in [0, 0.1) is 10.1 Å². The number of hydrogen-bond donors (Lipinski definition) is 2. The third kappa shape index (κ3) is 2.94. The molecular formula is C11H17N5O4. The number of rotatable bonds is 4. The maximum Gasteiger partial charge on any atom is 0.329 e. The van der Waals surface area contributed by atoms with E-state index in [1.54, 1.807) is 11.9 Å². The zero-order chi connectivity index (χ0) is 14.7. The van der Waals surface area contributed by atoms with E-state index >= 15 is 0 Å². The first-order valence-corrected chi connectivity index (χ1v) is 6.25. The van der Waals surface area contributed by atoms with Crippen LogP contribution < -0.4 is 10.2 Å². The average molecular weight is 283 g/mol. The van der Waals surface area contributed by atoms with E-state index in [1.807, 2.05) is 6.92 Å². The Hall–Kier alpha value is -2.00. The lowest BCUT2D eigenvalue weighted by Crippen LogP contribution is -2.48. The number of anilines is 2. The van der Waals surface area contributed by atoms with Gasteiger partial charge in [-0.15, -0.1) is 0 Å². The van der Waals surface area contributed by atoms with Crippen molar-refractivity contribution >= 4 is 17.5 Å². The molecule has 0 aliphatic carbocycles. The van der Waals surface area contributed by atoms with Crippen molar-refractivity contribution in [1.82, 2.24) is 9.97 Å². The second kappa shape index (κ2) is 5.97. The van der Waals surface area contributed by atoms with Crippen molar-refractivity contribution in [1.29, 1.82) is 0 Å². The molecule has 0 saturated carbocycles. The van der Waals surface area contributed by atoms with Crippen molar-refractivity contribution in [3.63, 3.8) is 0 Å². The minimum Gasteiger partial charge on any atom is -0.394 e. The number of morpholine rings is 1. The minimum atomic E-state index is -0.511. The van der Waals surface area contributed by atoms with Gasteiger partial charge in [-0.3, -0.25) is 10.1 Å². The minimum absolute atomic E-state index is 0.140. The Morgan fingerprint density at radius 1 is 1.65 bits per heavy atom. The largest absolute Gasteiger partial charge is 0.394 e. The number of nitrogens with one attached hydrogen (secondary N) is 1. The summed E-state index contributed by atoms with van der Waals surface area (Å²) in [4.78, 5) is 20.4. The first kappa shape index (κ1) is 14.4. The monoisotopic (exact) mass is 283 g/mol. The van der Waals surface area contributed by atoms with Gasteiger partial charge in [-0.05, 0) is 6.92 Å². The van der Waals surface area contributed by atoms with Crippen LogP contribution in [0.1, 0.15) is 6.92 Å². The summed E-state index contributed by atoms with van der Waals surface area (Å²) in [7, 11) is 1.64. The third-order valence-corrected chi connectivity index (χ3v) is 3.00. The van der Waals surface area contributed by atoms with Crippen LogP contribution in [0.5, 0.6) is 0 Å². The predicted octanol–water partition coefficient (Wildman–Crippen LogP) is 0.0125. The number of aliphatic hydroxyl groups is 1. The van der Waals surface area contributed by atoms with Crippen LogP contribution in [0.4, 0.5) is 17.5 Å². The summed E-state index contributed by atoms with van der Waals surface area (Å²) in [5.74, 6) is 0.549. The Kier molecular flexibility index (Phi) is 4.30. The van der Waals surface area contributed by atoms with Gasteiger partial charge >= 0.3 is 5.69 Å². The summed E-state index contributed by atoms with van der Waals surface area (Å²) >= 11 is 0. The van der Waals surface area contributed by atoms with Gasteiger partial charge < -0.3 is 20.1 Å². The molecule has 2 atom stereocenters. The highest BCUT2D eigenvalue weighted by atomic mass is 16.6. The molecule has 0 amide bonds. The standard InChI is InChI=1S/C11H17N5O4/c1-7-4-15(5-8(6-17)20-7)10-9(16(18)19)3-13-11(12-2)14-10/h3,7-8,17H,4-6H2,1-2H3,(H,12,13,14). The average Bonchev–Trinajstić information content (AvgIpc) is 2.45. The van der Waals surface area contributed by atoms with Crippen LogP contribution in [0.15, 0.2) is 6.20 Å². The molecule has 1 fully saturated rings. The maximum absolute atomic E-state index is 11.1. The number of aliphatic hydroxyl groups excluding tert-OH is 1. The summed E-state index contributed by atoms with van der Waals surface area (Å²) in [5.41, 5.74) is -0.158. The normalized spacial score (nSPS) is 22.6. The smallest absolute Gasteiger partial charge is 0.329 e. The lowest BCUT2D eigenvalue weighted by atomic mass is 10.2. The molecule has 1 aliphatic rings. The van der Waals surface area contributed by atoms with Crippen LogP contribution >= 0.6 is 0 Å². The van der Waals surface area contributed by atoms with Crippen molar-refractivity contribution in [2.24, 2.45) is 0 Å². The number of aromatic nitrogens is 2. The summed E-state index contributed by atoms with van der Waals surface area (Å²) in [5, 5.41) is 23.1. The second-order valence-electron chi connectivity index (χ2n) is 4.57. The Balaban J connectivity index is 2.36. The highest BCUT2D eigenvalue weighted by molar-refractivity contribution is 5.59. The van der Waals surface area contributed by atoms with Gasteiger partial charge in [-0.2, -0.15) is 4.98 Å². The summed E-state index contributed by atoms with van der Waals surface area (Å²) in [6.07, 6.45) is 0.655. The van der Waals surface area contributed by atoms with Gasteiger partial charge in [-0.25, -0.2) is 4.98 Å². The molecule has 0 bridgehead atoms. The van der Waals surface area contributed by atoms with Crippen molar-refractivity contribution in [3.8, 4) is 0 Å². The van der Waals surface area contributed by atoms with Gasteiger partial charge in [0.1, 0.15) is 6.20 Å². The first-order valence-electron chi connectivity index (χ1n) is 6.25. The SMILES string of the molecule is CNc1ncc([N+](=O)[O-])c(N2CC(C)OC(CO)C2)n1. The molecule has 2 N–H and O–H groups in total. The highest BCUT2D eigenvalue weighted by Crippen LogP contribution is 2.28. The molecule has 0 aromatic carbocycles. The van der Waals surface area contributed by atoms with Crippen molar-refractivity contribution < 1.29 is 14.8 Å². The molecule has 1 aromatic rings. The van der Waals surface area contributed by atoms with Gasteiger partial charge in [0.25, 0.3) is 0 Å². The summed E-state index contributed by atoms with van der Waals surface area (Å²) < 4.78 is 5.52. The lowest BCUT2D eigenvalue weighted by Gasteiger charge is -2.36. The fourth-order valence-electron chi connectivity index (χ4n) is 2.17. The van der Waals surface area contributed by atoms with Crippen LogP contribution in [0.2, 0.25) is 0 Å². The molecule has 9 heteroatoms.